The molecule has 0 aromatic rings. The predicted octanol–water partition coefficient (Wildman–Crippen LogP) is 1.10. The highest BCUT2D eigenvalue weighted by molar-refractivity contribution is 5.85. The number of hydrogen-bond acceptors (Lipinski definition) is 2. The van der Waals surface area contributed by atoms with Gasteiger partial charge in [-0.2, -0.15) is 0 Å². The van der Waals surface area contributed by atoms with Gasteiger partial charge in [-0.25, -0.2) is 8.78 Å². The summed E-state index contributed by atoms with van der Waals surface area (Å²) < 4.78 is 23.7. The Hall–Kier alpha value is 0.0700. The van der Waals surface area contributed by atoms with Crippen molar-refractivity contribution in [3.8, 4) is 0 Å². The van der Waals surface area contributed by atoms with Gasteiger partial charge in [-0.15, -0.1) is 12.4 Å². The van der Waals surface area contributed by atoms with E-state index in [1.807, 2.05) is 0 Å². The zero-order valence-corrected chi connectivity index (χ0v) is 7.70. The van der Waals surface area contributed by atoms with E-state index in [4.69, 9.17) is 5.73 Å². The van der Waals surface area contributed by atoms with Crippen LogP contribution in [-0.4, -0.2) is 37.0 Å². The van der Waals surface area contributed by atoms with Crippen LogP contribution >= 0.6 is 12.4 Å². The molecule has 0 spiro atoms. The lowest BCUT2D eigenvalue weighted by Crippen LogP contribution is -2.41. The fourth-order valence-corrected chi connectivity index (χ4v) is 1.33. The van der Waals surface area contributed by atoms with E-state index >= 15 is 0 Å². The average Bonchev–Trinajstić information content (AvgIpc) is 1.93. The smallest absolute Gasteiger partial charge is 0.251 e. The van der Waals surface area contributed by atoms with Crippen LogP contribution in [0.15, 0.2) is 0 Å². The van der Waals surface area contributed by atoms with Gasteiger partial charge in [0.15, 0.2) is 0 Å². The first-order valence-corrected chi connectivity index (χ1v) is 3.94. The number of nitrogens with two attached hydrogens (primary N) is 1. The molecule has 2 nitrogen and oxygen atoms in total. The van der Waals surface area contributed by atoms with Crippen LogP contribution in [0.3, 0.4) is 0 Å². The lowest BCUT2D eigenvalue weighted by Gasteiger charge is -2.29. The summed E-state index contributed by atoms with van der Waals surface area (Å²) in [5, 5.41) is 0. The van der Waals surface area contributed by atoms with Gasteiger partial charge in [0, 0.05) is 6.04 Å². The van der Waals surface area contributed by atoms with Crippen LogP contribution in [0.5, 0.6) is 0 Å². The Morgan fingerprint density at radius 3 is 2.25 bits per heavy atom. The summed E-state index contributed by atoms with van der Waals surface area (Å²) in [6.07, 6.45) is -0.497. The first-order chi connectivity index (χ1) is 5.18. The maximum absolute atomic E-state index is 11.8. The molecule has 0 unspecified atom stereocenters. The molecule has 0 aromatic carbocycles. The van der Waals surface area contributed by atoms with E-state index in [1.165, 1.54) is 0 Å². The third-order valence-electron chi connectivity index (χ3n) is 2.03. The normalized spacial score (nSPS) is 21.0. The van der Waals surface area contributed by atoms with Crippen molar-refractivity contribution in [3.05, 3.63) is 0 Å². The van der Waals surface area contributed by atoms with E-state index in [0.29, 0.717) is 0 Å². The standard InChI is InChI=1S/C7H14F2N2.ClH/c8-7(9)5-11-3-1-6(10)2-4-11;/h6-7H,1-5,10H2;1H. The Labute approximate surface area is 77.5 Å². The highest BCUT2D eigenvalue weighted by atomic mass is 35.5. The largest absolute Gasteiger partial charge is 0.328 e. The van der Waals surface area contributed by atoms with Gasteiger partial charge in [-0.1, -0.05) is 0 Å². The fourth-order valence-electron chi connectivity index (χ4n) is 1.33. The van der Waals surface area contributed by atoms with Crippen molar-refractivity contribution in [2.24, 2.45) is 5.73 Å². The van der Waals surface area contributed by atoms with E-state index in [9.17, 15) is 8.78 Å². The topological polar surface area (TPSA) is 29.3 Å². The van der Waals surface area contributed by atoms with Gasteiger partial charge < -0.3 is 5.73 Å². The third kappa shape index (κ3) is 4.18. The first-order valence-electron chi connectivity index (χ1n) is 3.94. The highest BCUT2D eigenvalue weighted by Crippen LogP contribution is 2.09. The number of alkyl halides is 2. The molecule has 0 bridgehead atoms. The van der Waals surface area contributed by atoms with Crippen LogP contribution in [0.4, 0.5) is 8.78 Å². The summed E-state index contributed by atoms with van der Waals surface area (Å²) >= 11 is 0. The molecule has 12 heavy (non-hydrogen) atoms. The van der Waals surface area contributed by atoms with Gasteiger partial charge >= 0.3 is 0 Å². The highest BCUT2D eigenvalue weighted by Gasteiger charge is 2.18. The number of hydrogen-bond donors (Lipinski definition) is 1. The lowest BCUT2D eigenvalue weighted by molar-refractivity contribution is 0.0758. The Balaban J connectivity index is 0.00000121. The van der Waals surface area contributed by atoms with Gasteiger partial charge in [0.1, 0.15) is 0 Å². The van der Waals surface area contributed by atoms with Crippen LogP contribution in [0, 0.1) is 0 Å². The number of rotatable bonds is 2. The molecule has 2 N–H and O–H groups in total. The van der Waals surface area contributed by atoms with Gasteiger partial charge in [0.25, 0.3) is 6.43 Å². The van der Waals surface area contributed by atoms with Crippen molar-refractivity contribution < 1.29 is 8.78 Å². The molecule has 1 fully saturated rings. The van der Waals surface area contributed by atoms with Crippen LogP contribution in [0.25, 0.3) is 0 Å². The first kappa shape index (κ1) is 12.1. The molecule has 0 saturated carbocycles. The van der Waals surface area contributed by atoms with E-state index in [0.717, 1.165) is 25.9 Å². The summed E-state index contributed by atoms with van der Waals surface area (Å²) in [6.45, 7) is 1.36. The predicted molar refractivity (Wildman–Crippen MR) is 46.9 cm³/mol. The molecule has 5 heteroatoms. The molecular weight excluding hydrogens is 186 g/mol. The average molecular weight is 201 g/mol. The SMILES string of the molecule is Cl.NC1CCN(CC(F)F)CC1. The monoisotopic (exact) mass is 200 g/mol. The molecule has 0 amide bonds. The number of piperidine rings is 1. The lowest BCUT2D eigenvalue weighted by atomic mass is 10.1. The van der Waals surface area contributed by atoms with Crippen molar-refractivity contribution >= 4 is 12.4 Å². The molecule has 1 aliphatic rings. The van der Waals surface area contributed by atoms with Crippen LogP contribution in [0.2, 0.25) is 0 Å². The fraction of sp³-hybridized carbons (Fsp3) is 1.00. The number of likely N-dealkylation sites (tertiary alicyclic amines) is 1. The summed E-state index contributed by atoms with van der Waals surface area (Å²) in [5.41, 5.74) is 5.61. The van der Waals surface area contributed by atoms with Crippen molar-refractivity contribution in [2.75, 3.05) is 19.6 Å². The number of halogens is 3. The molecule has 74 valence electrons. The van der Waals surface area contributed by atoms with Crippen molar-refractivity contribution in [3.63, 3.8) is 0 Å². The Kier molecular flexibility index (Phi) is 5.70. The zero-order chi connectivity index (χ0) is 8.27. The van der Waals surface area contributed by atoms with Gasteiger partial charge in [-0.05, 0) is 25.9 Å². The number of nitrogens with zero attached hydrogens (tertiary/aromatic N) is 1. The Morgan fingerprint density at radius 2 is 1.83 bits per heavy atom. The van der Waals surface area contributed by atoms with E-state index in [1.54, 1.807) is 4.90 Å². The summed E-state index contributed by atoms with van der Waals surface area (Å²) in [4.78, 5) is 1.77. The molecule has 0 atom stereocenters. The molecule has 0 radical (unpaired) electrons. The maximum atomic E-state index is 11.8. The molecule has 1 aliphatic heterocycles. The minimum atomic E-state index is -2.20. The van der Waals surface area contributed by atoms with Crippen LogP contribution in [-0.2, 0) is 0 Å². The second-order valence-electron chi connectivity index (χ2n) is 3.03. The maximum Gasteiger partial charge on any atom is 0.251 e. The van der Waals surface area contributed by atoms with E-state index in [2.05, 4.69) is 0 Å². The van der Waals surface area contributed by atoms with Gasteiger partial charge in [0.2, 0.25) is 0 Å². The van der Waals surface area contributed by atoms with Gasteiger partial charge in [0.05, 0.1) is 6.54 Å². The minimum Gasteiger partial charge on any atom is -0.328 e. The quantitative estimate of drug-likeness (QED) is 0.724. The molecule has 0 aliphatic carbocycles. The third-order valence-corrected chi connectivity index (χ3v) is 2.03. The van der Waals surface area contributed by atoms with Gasteiger partial charge in [-0.3, -0.25) is 4.90 Å². The van der Waals surface area contributed by atoms with E-state index < -0.39 is 6.43 Å². The molecule has 0 aromatic heterocycles. The Morgan fingerprint density at radius 1 is 1.33 bits per heavy atom. The minimum absolute atomic E-state index is 0. The Bertz CT molecular complexity index is 116. The second-order valence-corrected chi connectivity index (χ2v) is 3.03. The van der Waals surface area contributed by atoms with Crippen LogP contribution < -0.4 is 5.73 Å². The molecule has 1 heterocycles. The molecule has 1 rings (SSSR count). The second kappa shape index (κ2) is 5.67. The molecule has 1 saturated heterocycles. The van der Waals surface area contributed by atoms with Crippen molar-refractivity contribution in [1.29, 1.82) is 0 Å². The van der Waals surface area contributed by atoms with Crippen molar-refractivity contribution in [1.82, 2.24) is 4.90 Å². The van der Waals surface area contributed by atoms with Crippen LogP contribution in [0.1, 0.15) is 12.8 Å². The zero-order valence-electron chi connectivity index (χ0n) is 6.88. The van der Waals surface area contributed by atoms with E-state index in [-0.39, 0.29) is 25.0 Å². The summed E-state index contributed by atoms with van der Waals surface area (Å²) in [6, 6.07) is 0.226. The summed E-state index contributed by atoms with van der Waals surface area (Å²) in [5.74, 6) is 0. The summed E-state index contributed by atoms with van der Waals surface area (Å²) in [7, 11) is 0. The van der Waals surface area contributed by atoms with Crippen molar-refractivity contribution in [2.45, 2.75) is 25.3 Å². The molecular formula is C7H15ClF2N2.